The molecule has 0 aliphatic rings. The fourth-order valence-corrected chi connectivity index (χ4v) is 19.6. The Morgan fingerprint density at radius 3 is 1.21 bits per heavy atom. The fraction of sp³-hybridized carbons (Fsp3) is 0.383. The SMILES string of the molecule is CCCOP(=O)(OCCC)c1nc2c(C)sc(C)c2s1.Cc1nc2c(C)sc(C)c2s1.Cc1nc2c(C)sc(C)c2s1.Cc1sc(C)c2sc(C=C(C#N)C#N)nc12.Cc1sc(C)c2sc([N+](=O)[O-])nc12. The van der Waals surface area contributed by atoms with Crippen LogP contribution in [0.3, 0.4) is 0 Å². The molecule has 0 bridgehead atoms. The number of nitro groups is 1. The summed E-state index contributed by atoms with van der Waals surface area (Å²) >= 11 is 16.5. The second-order valence-corrected chi connectivity index (χ2v) is 30.5. The zero-order chi connectivity index (χ0) is 52.1. The highest BCUT2D eigenvalue weighted by molar-refractivity contribution is 7.69. The van der Waals surface area contributed by atoms with E-state index < -0.39 is 12.5 Å². The van der Waals surface area contributed by atoms with Gasteiger partial charge in [0.05, 0.1) is 69.0 Å². The molecule has 0 saturated heterocycles. The Morgan fingerprint density at radius 2 is 0.873 bits per heavy atom. The highest BCUT2D eigenvalue weighted by Crippen LogP contribution is 2.50. The Labute approximate surface area is 452 Å². The average molecular weight is 1160 g/mol. The van der Waals surface area contributed by atoms with Gasteiger partial charge in [0.2, 0.25) is 10.3 Å². The third kappa shape index (κ3) is 13.1. The Bertz CT molecular complexity index is 3410. The zero-order valence-corrected chi connectivity index (χ0v) is 50.6. The number of fused-ring (bicyclic) bond motifs is 5. The van der Waals surface area contributed by atoms with E-state index >= 15 is 0 Å². The van der Waals surface area contributed by atoms with Gasteiger partial charge >= 0.3 is 12.7 Å². The number of thiazole rings is 5. The van der Waals surface area contributed by atoms with Crippen LogP contribution in [0.25, 0.3) is 57.2 Å². The summed E-state index contributed by atoms with van der Waals surface area (Å²) in [6, 6.07) is 3.67. The highest BCUT2D eigenvalue weighted by Gasteiger charge is 2.32. The number of aromatic nitrogens is 5. The van der Waals surface area contributed by atoms with Crippen LogP contribution in [-0.4, -0.2) is 43.1 Å². The maximum Gasteiger partial charge on any atom is 0.424 e. The highest BCUT2D eigenvalue weighted by atomic mass is 32.1. The van der Waals surface area contributed by atoms with E-state index in [1.165, 1.54) is 93.3 Å². The van der Waals surface area contributed by atoms with E-state index in [1.807, 2.05) is 76.4 Å². The number of thiophene rings is 5. The molecule has 0 aliphatic carbocycles. The van der Waals surface area contributed by atoms with E-state index in [4.69, 9.17) is 19.6 Å². The Kier molecular flexibility index (Phi) is 19.5. The summed E-state index contributed by atoms with van der Waals surface area (Å²) in [7, 11) is -3.27. The fourth-order valence-electron chi connectivity index (χ4n) is 6.86. The summed E-state index contributed by atoms with van der Waals surface area (Å²) < 4.78 is 30.4. The van der Waals surface area contributed by atoms with Crippen LogP contribution < -0.4 is 4.75 Å². The molecule has 10 aromatic heterocycles. The smallest absolute Gasteiger partial charge is 0.357 e. The molecule has 0 aliphatic heterocycles. The van der Waals surface area contributed by atoms with E-state index in [0.717, 1.165) is 74.5 Å². The summed E-state index contributed by atoms with van der Waals surface area (Å²) in [6.07, 6.45) is 3.14. The summed E-state index contributed by atoms with van der Waals surface area (Å²) in [4.78, 5) is 44.3. The van der Waals surface area contributed by atoms with Crippen LogP contribution in [0.4, 0.5) is 5.13 Å². The first-order chi connectivity index (χ1) is 33.6. The first-order valence-corrected chi connectivity index (χ1v) is 31.7. The first-order valence-electron chi connectivity index (χ1n) is 21.9. The van der Waals surface area contributed by atoms with Crippen molar-refractivity contribution in [3.05, 3.63) is 79.5 Å². The molecule has 24 heteroatoms. The van der Waals surface area contributed by atoms with Gasteiger partial charge in [-0.05, 0) is 117 Å². The van der Waals surface area contributed by atoms with Crippen molar-refractivity contribution >= 4 is 188 Å². The first kappa shape index (κ1) is 56.5. The van der Waals surface area contributed by atoms with Crippen molar-refractivity contribution in [3.8, 4) is 12.1 Å². The molecule has 71 heavy (non-hydrogen) atoms. The van der Waals surface area contributed by atoms with Gasteiger partial charge in [0.1, 0.15) is 27.4 Å². The predicted octanol–water partition coefficient (Wildman–Crippen LogP) is 17.5. The van der Waals surface area contributed by atoms with E-state index in [9.17, 15) is 14.7 Å². The largest absolute Gasteiger partial charge is 0.424 e. The van der Waals surface area contributed by atoms with Crippen LogP contribution in [0.1, 0.15) is 90.5 Å². The monoisotopic (exact) mass is 1160 g/mol. The topological polar surface area (TPSA) is 191 Å². The number of allylic oxidation sites excluding steroid dienone is 1. The number of aryl methyl sites for hydroxylation is 12. The van der Waals surface area contributed by atoms with Crippen LogP contribution in [-0.2, 0) is 13.6 Å². The minimum absolute atomic E-state index is 0.0102. The van der Waals surface area contributed by atoms with Gasteiger partial charge in [0.15, 0.2) is 0 Å². The van der Waals surface area contributed by atoms with Crippen LogP contribution in [0, 0.1) is 116 Å². The molecule has 374 valence electrons. The van der Waals surface area contributed by atoms with Gasteiger partial charge in [-0.3, -0.25) is 4.57 Å². The van der Waals surface area contributed by atoms with Gasteiger partial charge in [0, 0.05) is 50.0 Å². The number of rotatable bonds is 9. The molecule has 0 fully saturated rings. The molecule has 10 rings (SSSR count). The summed E-state index contributed by atoms with van der Waals surface area (Å²) in [5.74, 6) is 0. The van der Waals surface area contributed by atoms with Crippen molar-refractivity contribution < 1.29 is 18.5 Å². The second-order valence-electron chi connectivity index (χ2n) is 15.7. The van der Waals surface area contributed by atoms with E-state index in [2.05, 4.69) is 80.3 Å². The van der Waals surface area contributed by atoms with Crippen molar-refractivity contribution in [2.75, 3.05) is 13.2 Å². The zero-order valence-electron chi connectivity index (χ0n) is 41.6. The van der Waals surface area contributed by atoms with Crippen LogP contribution in [0.5, 0.6) is 0 Å². The van der Waals surface area contributed by atoms with Crippen molar-refractivity contribution in [3.63, 3.8) is 0 Å². The average Bonchev–Trinajstić information content (AvgIpc) is 4.20. The molecule has 0 radical (unpaired) electrons. The normalized spacial score (nSPS) is 11.2. The maximum atomic E-state index is 12.9. The van der Waals surface area contributed by atoms with Crippen LogP contribution >= 0.6 is 121 Å². The molecule has 13 nitrogen and oxygen atoms in total. The van der Waals surface area contributed by atoms with Crippen molar-refractivity contribution in [2.45, 2.75) is 110 Å². The van der Waals surface area contributed by atoms with Gasteiger partial charge in [-0.2, -0.15) is 10.5 Å². The lowest BCUT2D eigenvalue weighted by atomic mass is 10.3. The Morgan fingerprint density at radius 1 is 0.521 bits per heavy atom. The van der Waals surface area contributed by atoms with Gasteiger partial charge in [-0.1, -0.05) is 13.8 Å². The minimum Gasteiger partial charge on any atom is -0.357 e. The number of hydrogen-bond acceptors (Lipinski definition) is 22. The maximum absolute atomic E-state index is 12.9. The van der Waals surface area contributed by atoms with Crippen molar-refractivity contribution in [1.29, 1.82) is 10.5 Å². The quantitative estimate of drug-likeness (QED) is 0.0576. The van der Waals surface area contributed by atoms with Crippen LogP contribution in [0.15, 0.2) is 5.57 Å². The molecule has 10 aromatic rings. The number of hydrogen-bond donors (Lipinski definition) is 0. The Hall–Kier alpha value is -3.78. The van der Waals surface area contributed by atoms with Crippen molar-refractivity contribution in [2.24, 2.45) is 0 Å². The van der Waals surface area contributed by atoms with Gasteiger partial charge in [-0.25, -0.2) is 19.9 Å². The third-order valence-electron chi connectivity index (χ3n) is 9.97. The molecule has 0 N–H and O–H groups in total. The summed E-state index contributed by atoms with van der Waals surface area (Å²) in [5.41, 5.74) is 5.25. The molecule has 0 aromatic carbocycles. The molecular formula is C47H51N8O5PS10. The van der Waals surface area contributed by atoms with Gasteiger partial charge < -0.3 is 19.2 Å². The lowest BCUT2D eigenvalue weighted by Gasteiger charge is -2.15. The van der Waals surface area contributed by atoms with Gasteiger partial charge in [0.25, 0.3) is 0 Å². The lowest BCUT2D eigenvalue weighted by Crippen LogP contribution is -2.11. The standard InChI is InChI=1S/C13H20NO3PS2.C11H7N3S2.2C8H9NS2.C7H6N2O2S2/c1-5-7-16-18(15,17-8-6-2)13-14-11-9(3)19-10(4)12(11)20-13;1-6-10-11(7(2)15-6)16-9(14-10)3-8(4-12)5-13;2*1-4-7-8(5(2)10-4)11-6(3)9-7;1-3-5-6(4(2)12-3)13-7(8-5)9(10)11/h5-8H2,1-4H3;3H,1-2H3;2*1-3H3;1-2H3. The molecular weight excluding hydrogens is 1110 g/mol. The lowest BCUT2D eigenvalue weighted by molar-refractivity contribution is -0.384. The third-order valence-corrected chi connectivity index (χ3v) is 23.6. The second kappa shape index (κ2) is 24.5. The Balaban J connectivity index is 0.000000148. The summed E-state index contributed by atoms with van der Waals surface area (Å²) in [6.45, 7) is 29.6. The number of nitriles is 2. The molecule has 0 spiro atoms. The predicted molar refractivity (Wildman–Crippen MR) is 310 cm³/mol. The van der Waals surface area contributed by atoms with E-state index in [-0.39, 0.29) is 10.7 Å². The van der Waals surface area contributed by atoms with Crippen LogP contribution in [0.2, 0.25) is 0 Å². The summed E-state index contributed by atoms with van der Waals surface area (Å²) in [5, 5.41) is 30.8. The van der Waals surface area contributed by atoms with Gasteiger partial charge in [-0.15, -0.1) is 102 Å². The molecule has 0 amide bonds. The van der Waals surface area contributed by atoms with E-state index in [0.29, 0.717) is 18.0 Å². The molecule has 0 unspecified atom stereocenters. The molecule has 0 saturated carbocycles. The number of nitrogens with zero attached hydrogens (tertiary/aromatic N) is 8. The van der Waals surface area contributed by atoms with E-state index in [1.54, 1.807) is 56.7 Å². The molecule has 10 heterocycles. The molecule has 0 atom stereocenters. The van der Waals surface area contributed by atoms with Crippen molar-refractivity contribution in [1.82, 2.24) is 24.9 Å². The minimum atomic E-state index is -3.27.